The molecule has 0 aromatic rings. The summed E-state index contributed by atoms with van der Waals surface area (Å²) in [4.78, 5) is 10.1. The topological polar surface area (TPSA) is 40.1 Å². The molecule has 10 heavy (non-hydrogen) atoms. The molecule has 0 spiro atoms. The van der Waals surface area contributed by atoms with Gasteiger partial charge in [0.2, 0.25) is 0 Å². The highest BCUT2D eigenvalue weighted by Gasteiger charge is 1.93. The highest BCUT2D eigenvalue weighted by molar-refractivity contribution is 14.1. The monoisotopic (exact) mass is 253 g/mol. The van der Waals surface area contributed by atoms with Crippen molar-refractivity contribution in [2.45, 2.75) is 19.3 Å². The molecular weight excluding hydrogens is 243 g/mol. The van der Waals surface area contributed by atoms with Gasteiger partial charge in [-0.2, -0.15) is 0 Å². The van der Waals surface area contributed by atoms with Crippen LogP contribution in [0.2, 0.25) is 0 Å². The Morgan fingerprint density at radius 2 is 2.10 bits per heavy atom. The van der Waals surface area contributed by atoms with Gasteiger partial charge in [-0.05, 0) is 29.3 Å². The van der Waals surface area contributed by atoms with Crippen LogP contribution in [0.15, 0.2) is 12.2 Å². The second-order valence-electron chi connectivity index (χ2n) is 2.04. The maximum absolute atomic E-state index is 10.1. The van der Waals surface area contributed by atoms with E-state index in [1.807, 2.05) is 0 Å². The molecular formula is C7H10IO2-. The van der Waals surface area contributed by atoms with Gasteiger partial charge in [0.25, 0.3) is 0 Å². The number of rotatable bonds is 5. The van der Waals surface area contributed by atoms with E-state index in [1.54, 1.807) is 0 Å². The molecule has 0 saturated carbocycles. The normalized spacial score (nSPS) is 9.30. The summed E-state index contributed by atoms with van der Waals surface area (Å²) in [6, 6.07) is 0. The molecule has 0 aromatic heterocycles. The third-order valence-electron chi connectivity index (χ3n) is 1.15. The van der Waals surface area contributed by atoms with Gasteiger partial charge in [-0.15, -0.1) is 0 Å². The summed E-state index contributed by atoms with van der Waals surface area (Å²) in [6.07, 6.45) is 2.51. The molecule has 0 aliphatic rings. The predicted octanol–water partition coefficient (Wildman–Crippen LogP) is 0.898. The average Bonchev–Trinajstić information content (AvgIpc) is 1.88. The van der Waals surface area contributed by atoms with E-state index >= 15 is 0 Å². The van der Waals surface area contributed by atoms with Gasteiger partial charge >= 0.3 is 0 Å². The smallest absolute Gasteiger partial charge is 0.0668 e. The van der Waals surface area contributed by atoms with Gasteiger partial charge in [-0.1, -0.05) is 29.2 Å². The third-order valence-corrected chi connectivity index (χ3v) is 1.91. The first kappa shape index (κ1) is 9.94. The first-order chi connectivity index (χ1) is 4.68. The van der Waals surface area contributed by atoms with E-state index in [2.05, 4.69) is 29.2 Å². The minimum absolute atomic E-state index is 0.213. The number of carbonyl (C=O) groups excluding carboxylic acids is 1. The highest BCUT2D eigenvalue weighted by Crippen LogP contribution is 2.05. The summed E-state index contributed by atoms with van der Waals surface area (Å²) in [5.41, 5.74) is 0.213. The van der Waals surface area contributed by atoms with Crippen molar-refractivity contribution >= 4 is 28.6 Å². The molecule has 0 unspecified atom stereocenters. The average molecular weight is 253 g/mol. The molecule has 0 rings (SSSR count). The van der Waals surface area contributed by atoms with Crippen molar-refractivity contribution in [2.75, 3.05) is 4.43 Å². The number of alkyl halides is 1. The Labute approximate surface area is 74.5 Å². The molecule has 0 fully saturated rings. The van der Waals surface area contributed by atoms with Gasteiger partial charge in [0.15, 0.2) is 0 Å². The second kappa shape index (κ2) is 5.70. The predicted molar refractivity (Wildman–Crippen MR) is 46.9 cm³/mol. The standard InChI is InChI=1S/C7H11IO2/c1-6(7(9)10)4-2-3-5-8/h1-5H2,(H,9,10)/p-1. The van der Waals surface area contributed by atoms with E-state index in [9.17, 15) is 9.90 Å². The fourth-order valence-corrected chi connectivity index (χ4v) is 1.07. The fourth-order valence-electron chi connectivity index (χ4n) is 0.535. The summed E-state index contributed by atoms with van der Waals surface area (Å²) in [7, 11) is 0. The summed E-state index contributed by atoms with van der Waals surface area (Å²) >= 11 is 2.26. The molecule has 0 aliphatic carbocycles. The van der Waals surface area contributed by atoms with E-state index in [0.29, 0.717) is 6.42 Å². The van der Waals surface area contributed by atoms with Crippen LogP contribution in [0.25, 0.3) is 0 Å². The second-order valence-corrected chi connectivity index (χ2v) is 3.12. The molecule has 0 heterocycles. The van der Waals surface area contributed by atoms with Crippen LogP contribution in [0.3, 0.4) is 0 Å². The number of carboxylic acid groups (broad SMARTS) is 1. The van der Waals surface area contributed by atoms with Gasteiger partial charge in [0.1, 0.15) is 0 Å². The molecule has 0 atom stereocenters. The van der Waals surface area contributed by atoms with E-state index in [4.69, 9.17) is 0 Å². The Kier molecular flexibility index (Phi) is 5.67. The number of carbonyl (C=O) groups is 1. The van der Waals surface area contributed by atoms with E-state index in [1.165, 1.54) is 0 Å². The zero-order valence-corrected chi connectivity index (χ0v) is 7.89. The number of carboxylic acids is 1. The van der Waals surface area contributed by atoms with E-state index in [-0.39, 0.29) is 5.57 Å². The van der Waals surface area contributed by atoms with Crippen LogP contribution in [0.1, 0.15) is 19.3 Å². The van der Waals surface area contributed by atoms with Crippen molar-refractivity contribution in [3.05, 3.63) is 12.2 Å². The van der Waals surface area contributed by atoms with Crippen LogP contribution >= 0.6 is 22.6 Å². The molecule has 0 aromatic carbocycles. The summed E-state index contributed by atoms with van der Waals surface area (Å²) in [5.74, 6) is -1.12. The van der Waals surface area contributed by atoms with Crippen molar-refractivity contribution in [2.24, 2.45) is 0 Å². The molecule has 0 aliphatic heterocycles. The molecule has 0 bridgehead atoms. The van der Waals surface area contributed by atoms with Crippen LogP contribution in [0.4, 0.5) is 0 Å². The maximum atomic E-state index is 10.1. The SMILES string of the molecule is C=C(CCCCI)C(=O)[O-]. The summed E-state index contributed by atoms with van der Waals surface area (Å²) in [5, 5.41) is 10.1. The van der Waals surface area contributed by atoms with Crippen molar-refractivity contribution < 1.29 is 9.90 Å². The van der Waals surface area contributed by atoms with Crippen LogP contribution in [-0.4, -0.2) is 10.4 Å². The van der Waals surface area contributed by atoms with Gasteiger partial charge in [0, 0.05) is 0 Å². The first-order valence-corrected chi connectivity index (χ1v) is 4.66. The molecule has 3 heteroatoms. The van der Waals surface area contributed by atoms with Gasteiger partial charge in [0.05, 0.1) is 5.97 Å². The molecule has 0 N–H and O–H groups in total. The maximum Gasteiger partial charge on any atom is 0.0668 e. The summed E-state index contributed by atoms with van der Waals surface area (Å²) in [6.45, 7) is 3.36. The minimum atomic E-state index is -1.12. The van der Waals surface area contributed by atoms with Crippen molar-refractivity contribution in [1.29, 1.82) is 0 Å². The van der Waals surface area contributed by atoms with Crippen molar-refractivity contribution in [3.63, 3.8) is 0 Å². The first-order valence-electron chi connectivity index (χ1n) is 3.13. The number of halogens is 1. The van der Waals surface area contributed by atoms with Crippen LogP contribution in [-0.2, 0) is 4.79 Å². The Bertz CT molecular complexity index is 132. The molecule has 2 nitrogen and oxygen atoms in total. The number of unbranched alkanes of at least 4 members (excludes halogenated alkanes) is 1. The molecule has 0 radical (unpaired) electrons. The zero-order chi connectivity index (χ0) is 7.98. The lowest BCUT2D eigenvalue weighted by atomic mass is 10.1. The Hall–Kier alpha value is -0.0600. The van der Waals surface area contributed by atoms with Crippen LogP contribution in [0, 0.1) is 0 Å². The highest BCUT2D eigenvalue weighted by atomic mass is 127. The number of hydrogen-bond acceptors (Lipinski definition) is 2. The van der Waals surface area contributed by atoms with Crippen molar-refractivity contribution in [1.82, 2.24) is 0 Å². The van der Waals surface area contributed by atoms with Gasteiger partial charge in [-0.3, -0.25) is 0 Å². The largest absolute Gasteiger partial charge is 0.545 e. The molecule has 0 amide bonds. The van der Waals surface area contributed by atoms with Crippen molar-refractivity contribution in [3.8, 4) is 0 Å². The lowest BCUT2D eigenvalue weighted by Gasteiger charge is -2.03. The van der Waals surface area contributed by atoms with Gasteiger partial charge in [-0.25, -0.2) is 0 Å². The quantitative estimate of drug-likeness (QED) is 0.316. The Balaban J connectivity index is 3.31. The van der Waals surface area contributed by atoms with Crippen LogP contribution in [0.5, 0.6) is 0 Å². The molecule has 0 saturated heterocycles. The summed E-state index contributed by atoms with van der Waals surface area (Å²) < 4.78 is 1.07. The zero-order valence-electron chi connectivity index (χ0n) is 5.73. The number of hydrogen-bond donors (Lipinski definition) is 0. The third kappa shape index (κ3) is 4.78. The Morgan fingerprint density at radius 3 is 2.50 bits per heavy atom. The number of aliphatic carboxylic acids is 1. The van der Waals surface area contributed by atoms with E-state index in [0.717, 1.165) is 17.3 Å². The van der Waals surface area contributed by atoms with E-state index < -0.39 is 5.97 Å². The van der Waals surface area contributed by atoms with Crippen LogP contribution < -0.4 is 5.11 Å². The molecule has 58 valence electrons. The lowest BCUT2D eigenvalue weighted by molar-refractivity contribution is -0.299. The minimum Gasteiger partial charge on any atom is -0.545 e. The fraction of sp³-hybridized carbons (Fsp3) is 0.571. The lowest BCUT2D eigenvalue weighted by Crippen LogP contribution is -2.23. The Morgan fingerprint density at radius 1 is 1.50 bits per heavy atom. The van der Waals surface area contributed by atoms with Gasteiger partial charge < -0.3 is 9.90 Å².